The predicted molar refractivity (Wildman–Crippen MR) is 135 cm³/mol. The summed E-state index contributed by atoms with van der Waals surface area (Å²) >= 11 is 0. The first kappa shape index (κ1) is 24.5. The van der Waals surface area contributed by atoms with Crippen molar-refractivity contribution in [2.45, 2.75) is 39.7 Å². The molecule has 0 saturated carbocycles. The maximum Gasteiger partial charge on any atom is 0.262 e. The summed E-state index contributed by atoms with van der Waals surface area (Å²) < 4.78 is 19.5. The van der Waals surface area contributed by atoms with Crippen LogP contribution in [0.15, 0.2) is 66.7 Å². The number of ether oxygens (including phenoxy) is 1. The van der Waals surface area contributed by atoms with Gasteiger partial charge in [-0.2, -0.15) is 0 Å². The van der Waals surface area contributed by atoms with Crippen molar-refractivity contribution in [2.75, 3.05) is 18.5 Å². The summed E-state index contributed by atoms with van der Waals surface area (Å²) in [6, 6.07) is 19.3. The van der Waals surface area contributed by atoms with Crippen LogP contribution < -0.4 is 10.1 Å². The van der Waals surface area contributed by atoms with Crippen LogP contribution in [0.2, 0.25) is 0 Å². The molecule has 0 radical (unpaired) electrons. The van der Waals surface area contributed by atoms with E-state index in [0.29, 0.717) is 24.4 Å². The van der Waals surface area contributed by atoms with Crippen LogP contribution >= 0.6 is 0 Å². The summed E-state index contributed by atoms with van der Waals surface area (Å²) in [6.07, 6.45) is 1.17. The SMILES string of the molecule is Cc1ccc(NC(=O)COc2ccc3c(c2)C(c2ccc(F)cc2)N(C(=O)CC(C)C)CC3)cc1. The summed E-state index contributed by atoms with van der Waals surface area (Å²) in [6.45, 7) is 6.50. The zero-order valence-corrected chi connectivity index (χ0v) is 20.4. The molecule has 6 heteroatoms. The first-order chi connectivity index (χ1) is 16.8. The van der Waals surface area contributed by atoms with Gasteiger partial charge in [-0.3, -0.25) is 9.59 Å². The monoisotopic (exact) mass is 474 g/mol. The largest absolute Gasteiger partial charge is 0.484 e. The van der Waals surface area contributed by atoms with Crippen molar-refractivity contribution in [3.63, 3.8) is 0 Å². The van der Waals surface area contributed by atoms with E-state index >= 15 is 0 Å². The number of nitrogens with zero attached hydrogens (tertiary/aromatic N) is 1. The van der Waals surface area contributed by atoms with E-state index in [2.05, 4.69) is 5.32 Å². The van der Waals surface area contributed by atoms with Crippen molar-refractivity contribution in [3.8, 4) is 5.75 Å². The van der Waals surface area contributed by atoms with Gasteiger partial charge in [0.2, 0.25) is 5.91 Å². The molecular weight excluding hydrogens is 443 g/mol. The summed E-state index contributed by atoms with van der Waals surface area (Å²) in [5.41, 5.74) is 4.73. The van der Waals surface area contributed by atoms with Crippen molar-refractivity contribution in [2.24, 2.45) is 5.92 Å². The standard InChI is InChI=1S/C29H31FN2O3/c1-19(2)16-28(34)32-15-14-21-8-13-25(17-26(21)29(32)22-6-9-23(30)10-7-22)35-18-27(33)31-24-11-4-20(3)5-12-24/h4-13,17,19,29H,14-16,18H2,1-3H3,(H,31,33). The molecule has 0 bridgehead atoms. The fourth-order valence-electron chi connectivity index (χ4n) is 4.41. The molecule has 0 aliphatic carbocycles. The summed E-state index contributed by atoms with van der Waals surface area (Å²) in [5.74, 6) is 0.285. The zero-order chi connectivity index (χ0) is 24.9. The molecule has 1 heterocycles. The first-order valence-electron chi connectivity index (χ1n) is 12.0. The van der Waals surface area contributed by atoms with Gasteiger partial charge < -0.3 is 15.0 Å². The van der Waals surface area contributed by atoms with Gasteiger partial charge in [-0.15, -0.1) is 0 Å². The lowest BCUT2D eigenvalue weighted by atomic mass is 9.87. The lowest BCUT2D eigenvalue weighted by molar-refractivity contribution is -0.134. The molecular formula is C29H31FN2O3. The van der Waals surface area contributed by atoms with Crippen LogP contribution in [0.1, 0.15) is 48.6 Å². The first-order valence-corrected chi connectivity index (χ1v) is 12.0. The normalized spacial score (nSPS) is 15.0. The van der Waals surface area contributed by atoms with E-state index in [4.69, 9.17) is 4.74 Å². The number of anilines is 1. The lowest BCUT2D eigenvalue weighted by Crippen LogP contribution is -2.41. The van der Waals surface area contributed by atoms with Crippen LogP contribution in [-0.4, -0.2) is 29.9 Å². The minimum absolute atomic E-state index is 0.0729. The van der Waals surface area contributed by atoms with Crippen molar-refractivity contribution in [1.29, 1.82) is 0 Å². The van der Waals surface area contributed by atoms with Crippen molar-refractivity contribution < 1.29 is 18.7 Å². The average molecular weight is 475 g/mol. The number of hydrogen-bond acceptors (Lipinski definition) is 3. The fraction of sp³-hybridized carbons (Fsp3) is 0.310. The molecule has 1 unspecified atom stereocenters. The highest BCUT2D eigenvalue weighted by molar-refractivity contribution is 5.91. The third-order valence-corrected chi connectivity index (χ3v) is 6.14. The molecule has 0 saturated heterocycles. The topological polar surface area (TPSA) is 58.6 Å². The smallest absolute Gasteiger partial charge is 0.262 e. The molecule has 0 fully saturated rings. The van der Waals surface area contributed by atoms with Crippen LogP contribution in [0.3, 0.4) is 0 Å². The second kappa shape index (κ2) is 10.7. The number of amides is 2. The highest BCUT2D eigenvalue weighted by Crippen LogP contribution is 2.38. The van der Waals surface area contributed by atoms with Crippen molar-refractivity contribution in [3.05, 3.63) is 94.8 Å². The van der Waals surface area contributed by atoms with Gasteiger partial charge >= 0.3 is 0 Å². The number of rotatable bonds is 7. The second-order valence-corrected chi connectivity index (χ2v) is 9.45. The predicted octanol–water partition coefficient (Wildman–Crippen LogP) is 5.67. The van der Waals surface area contributed by atoms with Crippen LogP contribution in [0.25, 0.3) is 0 Å². The molecule has 4 rings (SSSR count). The molecule has 1 aliphatic rings. The van der Waals surface area contributed by atoms with E-state index in [1.54, 1.807) is 12.1 Å². The molecule has 3 aromatic rings. The van der Waals surface area contributed by atoms with Crippen molar-refractivity contribution >= 4 is 17.5 Å². The molecule has 0 aromatic heterocycles. The van der Waals surface area contributed by atoms with Crippen LogP contribution in [0, 0.1) is 18.7 Å². The number of benzene rings is 3. The Morgan fingerprint density at radius 3 is 2.46 bits per heavy atom. The van der Waals surface area contributed by atoms with Crippen molar-refractivity contribution in [1.82, 2.24) is 4.90 Å². The van der Waals surface area contributed by atoms with Gasteiger partial charge in [-0.25, -0.2) is 4.39 Å². The van der Waals surface area contributed by atoms with E-state index < -0.39 is 0 Å². The van der Waals surface area contributed by atoms with Gasteiger partial charge in [0, 0.05) is 18.7 Å². The summed E-state index contributed by atoms with van der Waals surface area (Å²) in [4.78, 5) is 27.4. The highest BCUT2D eigenvalue weighted by Gasteiger charge is 2.32. The van der Waals surface area contributed by atoms with Gasteiger partial charge in [0.05, 0.1) is 6.04 Å². The second-order valence-electron chi connectivity index (χ2n) is 9.45. The number of fused-ring (bicyclic) bond motifs is 1. The van der Waals surface area contributed by atoms with Crippen LogP contribution in [-0.2, 0) is 16.0 Å². The summed E-state index contributed by atoms with van der Waals surface area (Å²) in [7, 11) is 0. The number of halogens is 1. The molecule has 1 N–H and O–H groups in total. The quantitative estimate of drug-likeness (QED) is 0.480. The Bertz CT molecular complexity index is 1190. The van der Waals surface area contributed by atoms with E-state index in [1.165, 1.54) is 12.1 Å². The molecule has 1 atom stereocenters. The van der Waals surface area contributed by atoms with E-state index in [9.17, 15) is 14.0 Å². The minimum atomic E-state index is -0.337. The third-order valence-electron chi connectivity index (χ3n) is 6.14. The highest BCUT2D eigenvalue weighted by atomic mass is 19.1. The molecule has 1 aliphatic heterocycles. The van der Waals surface area contributed by atoms with E-state index in [0.717, 1.165) is 28.7 Å². The number of nitrogens with one attached hydrogen (secondary N) is 1. The van der Waals surface area contributed by atoms with Gasteiger partial charge in [-0.05, 0) is 72.4 Å². The van der Waals surface area contributed by atoms with Gasteiger partial charge in [0.15, 0.2) is 6.61 Å². The van der Waals surface area contributed by atoms with Crippen LogP contribution in [0.4, 0.5) is 10.1 Å². The summed E-state index contributed by atoms with van der Waals surface area (Å²) in [5, 5.41) is 2.83. The Kier molecular flexibility index (Phi) is 7.49. The molecule has 182 valence electrons. The van der Waals surface area contributed by atoms with Gasteiger partial charge in [-0.1, -0.05) is 49.7 Å². The van der Waals surface area contributed by atoms with Gasteiger partial charge in [0.1, 0.15) is 11.6 Å². The molecule has 2 amide bonds. The Morgan fingerprint density at radius 1 is 1.06 bits per heavy atom. The Labute approximate surface area is 205 Å². The Morgan fingerprint density at radius 2 is 1.77 bits per heavy atom. The van der Waals surface area contributed by atoms with Gasteiger partial charge in [0.25, 0.3) is 5.91 Å². The zero-order valence-electron chi connectivity index (χ0n) is 20.4. The maximum absolute atomic E-state index is 13.7. The Hall–Kier alpha value is -3.67. The molecule has 3 aromatic carbocycles. The minimum Gasteiger partial charge on any atom is -0.484 e. The van der Waals surface area contributed by atoms with E-state index in [1.807, 2.05) is 68.1 Å². The molecule has 0 spiro atoms. The number of carbonyl (C=O) groups is 2. The number of hydrogen-bond donors (Lipinski definition) is 1. The van der Waals surface area contributed by atoms with Crippen LogP contribution in [0.5, 0.6) is 5.75 Å². The molecule has 35 heavy (non-hydrogen) atoms. The lowest BCUT2D eigenvalue weighted by Gasteiger charge is -2.38. The van der Waals surface area contributed by atoms with E-state index in [-0.39, 0.29) is 36.2 Å². The average Bonchev–Trinajstić information content (AvgIpc) is 2.83. The fourth-order valence-corrected chi connectivity index (χ4v) is 4.41. The number of aryl methyl sites for hydroxylation is 1. The maximum atomic E-state index is 13.7. The number of carbonyl (C=O) groups excluding carboxylic acids is 2. The third kappa shape index (κ3) is 6.07. The molecule has 5 nitrogen and oxygen atoms in total. The Balaban J connectivity index is 1.56.